The van der Waals surface area contributed by atoms with Gasteiger partial charge in [-0.25, -0.2) is 9.78 Å². The first-order chi connectivity index (χ1) is 15.9. The molecule has 2 aliphatic heterocycles. The van der Waals surface area contributed by atoms with Crippen molar-refractivity contribution in [1.82, 2.24) is 25.4 Å². The number of fused-ring (bicyclic) bond motifs is 1. The van der Waals surface area contributed by atoms with Crippen LogP contribution in [0.5, 0.6) is 0 Å². The Morgan fingerprint density at radius 1 is 1.39 bits per heavy atom. The third-order valence-corrected chi connectivity index (χ3v) is 8.84. The summed E-state index contributed by atoms with van der Waals surface area (Å²) >= 11 is 11.0. The predicted molar refractivity (Wildman–Crippen MR) is 126 cm³/mol. The van der Waals surface area contributed by atoms with E-state index in [4.69, 9.17) is 11.6 Å². The van der Waals surface area contributed by atoms with Gasteiger partial charge in [0.2, 0.25) is 6.41 Å². The van der Waals surface area contributed by atoms with E-state index in [-0.39, 0.29) is 22.1 Å². The summed E-state index contributed by atoms with van der Waals surface area (Å²) in [6.07, 6.45) is 0.461. The molecule has 3 amide bonds. The van der Waals surface area contributed by atoms with Crippen molar-refractivity contribution in [2.75, 3.05) is 16.8 Å². The van der Waals surface area contributed by atoms with E-state index in [1.165, 1.54) is 45.1 Å². The van der Waals surface area contributed by atoms with Gasteiger partial charge in [0.05, 0.1) is 11.3 Å². The molecule has 0 saturated carbocycles. The SMILES string of the molecule is O=CNc1nc(C(=CCl)C(=O)NC2C(=O)N3C(C(=O)O)=C(CSc4nncs4)CS[C@@H]23)cs1. The Bertz CT molecular complexity index is 1170. The minimum Gasteiger partial charge on any atom is -0.477 e. The number of aromatic nitrogens is 3. The number of anilines is 1. The van der Waals surface area contributed by atoms with E-state index in [1.807, 2.05) is 0 Å². The van der Waals surface area contributed by atoms with Crippen molar-refractivity contribution in [1.29, 1.82) is 0 Å². The molecule has 2 aromatic rings. The van der Waals surface area contributed by atoms with Gasteiger partial charge in [0, 0.05) is 22.4 Å². The number of hydrogen-bond donors (Lipinski definition) is 3. The van der Waals surface area contributed by atoms with Gasteiger partial charge in [0.15, 0.2) is 9.47 Å². The third kappa shape index (κ3) is 4.77. The second kappa shape index (κ2) is 10.2. The fourth-order valence-electron chi connectivity index (χ4n) is 3.12. The fraction of sp³-hybridized carbons (Fsp3) is 0.235. The molecule has 4 heterocycles. The Balaban J connectivity index is 1.46. The highest BCUT2D eigenvalue weighted by atomic mass is 35.5. The zero-order chi connectivity index (χ0) is 23.5. The number of rotatable bonds is 9. The molecule has 11 nitrogen and oxygen atoms in total. The molecule has 2 atom stereocenters. The number of carboxylic acids is 1. The number of carboxylic acid groups (broad SMARTS) is 1. The van der Waals surface area contributed by atoms with E-state index in [0.29, 0.717) is 27.8 Å². The van der Waals surface area contributed by atoms with Crippen LogP contribution in [-0.2, 0) is 19.2 Å². The summed E-state index contributed by atoms with van der Waals surface area (Å²) in [5.74, 6) is -1.61. The number of carbonyl (C=O) groups excluding carboxylic acids is 3. The monoisotopic (exact) mass is 544 g/mol. The van der Waals surface area contributed by atoms with Gasteiger partial charge < -0.3 is 15.7 Å². The Kier molecular flexibility index (Phi) is 7.33. The Labute approximate surface area is 207 Å². The molecule has 1 saturated heterocycles. The number of thioether (sulfide) groups is 2. The largest absolute Gasteiger partial charge is 0.477 e. The Morgan fingerprint density at radius 2 is 2.21 bits per heavy atom. The minimum atomic E-state index is -1.20. The molecule has 16 heteroatoms. The van der Waals surface area contributed by atoms with Crippen molar-refractivity contribution >= 4 is 92.7 Å². The third-order valence-electron chi connectivity index (χ3n) is 4.56. The number of nitrogens with zero attached hydrogens (tertiary/aromatic N) is 4. The lowest BCUT2D eigenvalue weighted by Crippen LogP contribution is -2.70. The standard InChI is InChI=1S/C17H13ClN6O5S4/c18-1-8(9-4-31-16(21-9)19-5-25)12(26)22-10-13(27)24-11(15(28)29)7(2-30-14(10)24)3-32-17-23-20-6-33-17/h1,4-6,10,14H,2-3H2,(H,22,26)(H,28,29)(H,19,21,25)/t10?,14-/m0/s1. The second-order valence-corrected chi connectivity index (χ2v) is 10.7. The molecule has 0 radical (unpaired) electrons. The van der Waals surface area contributed by atoms with E-state index < -0.39 is 29.2 Å². The lowest BCUT2D eigenvalue weighted by atomic mass is 10.0. The number of nitrogens with one attached hydrogen (secondary N) is 2. The number of carbonyl (C=O) groups is 4. The van der Waals surface area contributed by atoms with Crippen LogP contribution in [0.4, 0.5) is 5.13 Å². The maximum Gasteiger partial charge on any atom is 0.352 e. The van der Waals surface area contributed by atoms with E-state index in [1.54, 1.807) is 5.51 Å². The molecule has 0 aromatic carbocycles. The van der Waals surface area contributed by atoms with E-state index in [0.717, 1.165) is 16.9 Å². The highest BCUT2D eigenvalue weighted by molar-refractivity contribution is 8.01. The predicted octanol–water partition coefficient (Wildman–Crippen LogP) is 1.67. The van der Waals surface area contributed by atoms with Gasteiger partial charge in [0.1, 0.15) is 22.6 Å². The van der Waals surface area contributed by atoms with Crippen molar-refractivity contribution in [3.05, 3.63) is 33.4 Å². The van der Waals surface area contributed by atoms with Gasteiger partial charge in [-0.2, -0.15) is 0 Å². The van der Waals surface area contributed by atoms with Crippen LogP contribution in [0.2, 0.25) is 0 Å². The second-order valence-electron chi connectivity index (χ2n) is 6.43. The first-order valence-electron chi connectivity index (χ1n) is 9.00. The van der Waals surface area contributed by atoms with E-state index in [2.05, 4.69) is 25.8 Å². The summed E-state index contributed by atoms with van der Waals surface area (Å²) in [4.78, 5) is 53.4. The summed E-state index contributed by atoms with van der Waals surface area (Å²) < 4.78 is 0.702. The lowest BCUT2D eigenvalue weighted by Gasteiger charge is -2.49. The molecule has 0 aliphatic carbocycles. The van der Waals surface area contributed by atoms with Crippen molar-refractivity contribution < 1.29 is 24.3 Å². The number of aliphatic carboxylic acids is 1. The number of amides is 3. The Morgan fingerprint density at radius 3 is 2.88 bits per heavy atom. The molecule has 2 aliphatic rings. The first kappa shape index (κ1) is 23.7. The van der Waals surface area contributed by atoms with Crippen LogP contribution < -0.4 is 10.6 Å². The summed E-state index contributed by atoms with van der Waals surface area (Å²) in [7, 11) is 0. The van der Waals surface area contributed by atoms with Crippen LogP contribution in [0.1, 0.15) is 5.69 Å². The zero-order valence-corrected chi connectivity index (χ0v) is 20.3. The van der Waals surface area contributed by atoms with Crippen LogP contribution in [0.3, 0.4) is 0 Å². The summed E-state index contributed by atoms with van der Waals surface area (Å²) in [5, 5.41) is 23.7. The molecule has 1 fully saturated rings. The minimum absolute atomic E-state index is 0.0158. The van der Waals surface area contributed by atoms with Crippen LogP contribution in [0, 0.1) is 0 Å². The average Bonchev–Trinajstić information content (AvgIpc) is 3.48. The topological polar surface area (TPSA) is 154 Å². The van der Waals surface area contributed by atoms with Gasteiger partial charge in [-0.05, 0) is 5.57 Å². The summed E-state index contributed by atoms with van der Waals surface area (Å²) in [6, 6.07) is -0.910. The molecule has 0 bridgehead atoms. The molecule has 2 aromatic heterocycles. The zero-order valence-electron chi connectivity index (χ0n) is 16.3. The van der Waals surface area contributed by atoms with Crippen LogP contribution >= 0.6 is 57.8 Å². The number of halogens is 1. The normalized spacial score (nSPS) is 20.2. The van der Waals surface area contributed by atoms with Crippen LogP contribution in [0.15, 0.2) is 32.0 Å². The smallest absolute Gasteiger partial charge is 0.352 e. The molecule has 3 N–H and O–H groups in total. The molecule has 33 heavy (non-hydrogen) atoms. The van der Waals surface area contributed by atoms with Crippen molar-refractivity contribution in [2.24, 2.45) is 0 Å². The highest BCUT2D eigenvalue weighted by Crippen LogP contribution is 2.42. The maximum absolute atomic E-state index is 12.8. The van der Waals surface area contributed by atoms with E-state index in [9.17, 15) is 24.3 Å². The van der Waals surface area contributed by atoms with Crippen molar-refractivity contribution in [3.63, 3.8) is 0 Å². The molecule has 172 valence electrons. The molecular formula is C17H13ClN6O5S4. The summed E-state index contributed by atoms with van der Waals surface area (Å²) in [6.45, 7) is 0. The number of β-lactam (4-membered cyclic amide) rings is 1. The van der Waals surface area contributed by atoms with Gasteiger partial charge >= 0.3 is 5.97 Å². The summed E-state index contributed by atoms with van der Waals surface area (Å²) in [5.41, 5.74) is 3.40. The van der Waals surface area contributed by atoms with Crippen molar-refractivity contribution in [2.45, 2.75) is 15.8 Å². The molecular weight excluding hydrogens is 532 g/mol. The van der Waals surface area contributed by atoms with Crippen molar-refractivity contribution in [3.8, 4) is 0 Å². The first-order valence-corrected chi connectivity index (χ1v) is 13.2. The van der Waals surface area contributed by atoms with Crippen LogP contribution in [-0.4, -0.2) is 72.3 Å². The average molecular weight is 545 g/mol. The van der Waals surface area contributed by atoms with Gasteiger partial charge in [-0.15, -0.1) is 33.3 Å². The van der Waals surface area contributed by atoms with Gasteiger partial charge in [-0.1, -0.05) is 34.7 Å². The lowest BCUT2D eigenvalue weighted by molar-refractivity contribution is -0.150. The quantitative estimate of drug-likeness (QED) is 0.184. The Hall–Kier alpha value is -2.46. The molecule has 4 rings (SSSR count). The fourth-order valence-corrected chi connectivity index (χ4v) is 6.98. The molecule has 0 spiro atoms. The van der Waals surface area contributed by atoms with Gasteiger partial charge in [-0.3, -0.25) is 19.3 Å². The molecule has 1 unspecified atom stereocenters. The maximum atomic E-state index is 12.8. The number of hydrogen-bond acceptors (Lipinski definition) is 11. The van der Waals surface area contributed by atoms with E-state index >= 15 is 0 Å². The van der Waals surface area contributed by atoms with Gasteiger partial charge in [0.25, 0.3) is 11.8 Å². The van der Waals surface area contributed by atoms with Crippen LogP contribution in [0.25, 0.3) is 5.57 Å². The highest BCUT2D eigenvalue weighted by Gasteiger charge is 2.54. The number of thiazole rings is 1.